The number of nitrogens with zero attached hydrogens (tertiary/aromatic N) is 4. The van der Waals surface area contributed by atoms with E-state index in [0.29, 0.717) is 61.6 Å². The molecule has 6 atom stereocenters. The molecule has 26 nitrogen and oxygen atoms in total. The molecule has 4 saturated heterocycles. The number of rotatable bonds is 16. The Kier molecular flexibility index (Phi) is 30.7. The van der Waals surface area contributed by atoms with Gasteiger partial charge in [-0.1, -0.05) is 74.9 Å². The number of hydrogen-bond acceptors (Lipinski definition) is 22. The van der Waals surface area contributed by atoms with Crippen LogP contribution in [0, 0.1) is 0 Å². The van der Waals surface area contributed by atoms with E-state index in [-0.39, 0.29) is 60.5 Å². The van der Waals surface area contributed by atoms with Crippen LogP contribution in [0.1, 0.15) is 172 Å². The number of carboxylic acids is 2. The summed E-state index contributed by atoms with van der Waals surface area (Å²) < 4.78 is 36.7. The number of ether oxygens (including phenoxy) is 5. The van der Waals surface area contributed by atoms with Gasteiger partial charge in [-0.15, -0.1) is 0 Å². The van der Waals surface area contributed by atoms with Gasteiger partial charge >= 0.3 is 30.0 Å². The Hall–Kier alpha value is -11.1. The van der Waals surface area contributed by atoms with Gasteiger partial charge in [-0.3, -0.25) is 4.79 Å². The molecule has 15 rings (SSSR count). The van der Waals surface area contributed by atoms with E-state index in [1.165, 1.54) is 95.5 Å². The van der Waals surface area contributed by atoms with Crippen LogP contribution in [0.4, 0.5) is 27.5 Å². The number of esters is 2. The summed E-state index contributed by atoms with van der Waals surface area (Å²) in [5.41, 5.74) is 9.38. The van der Waals surface area contributed by atoms with E-state index < -0.39 is 23.5 Å². The third-order valence-electron chi connectivity index (χ3n) is 20.0. The molecule has 26 heteroatoms. The third kappa shape index (κ3) is 25.0. The number of nitrogens with one attached hydrogen (secondary N) is 4. The molecule has 2 amide bonds. The molecule has 7 aromatic rings. The predicted octanol–water partition coefficient (Wildman–Crippen LogP) is 13.7. The number of anilines is 4. The van der Waals surface area contributed by atoms with Crippen LogP contribution < -0.4 is 40.5 Å². The summed E-state index contributed by atoms with van der Waals surface area (Å²) in [6.45, 7) is 11.3. The summed E-state index contributed by atoms with van der Waals surface area (Å²) in [7, 11) is 2.68. The molecule has 0 spiro atoms. The number of furan rings is 2. The van der Waals surface area contributed by atoms with Crippen LogP contribution in [0.3, 0.4) is 0 Å². The van der Waals surface area contributed by atoms with E-state index in [4.69, 9.17) is 38.4 Å². The Labute approximate surface area is 654 Å². The maximum Gasteiger partial charge on any atom is 0.410 e. The van der Waals surface area contributed by atoms with Crippen LogP contribution in [0.5, 0.6) is 17.2 Å². The number of aliphatic hydroxyl groups excluding tert-OH is 2. The third-order valence-corrected chi connectivity index (χ3v) is 20.0. The molecular formula is C86H106N8O18. The lowest BCUT2D eigenvalue weighted by Gasteiger charge is -2.37. The largest absolute Gasteiger partial charge is 0.508 e. The summed E-state index contributed by atoms with van der Waals surface area (Å²) in [4.78, 5) is 76.7. The first kappa shape index (κ1) is 83.4. The zero-order valence-corrected chi connectivity index (χ0v) is 64.3. The van der Waals surface area contributed by atoms with Crippen LogP contribution in [0.25, 0.3) is 18.2 Å². The molecule has 5 aromatic carbocycles. The zero-order chi connectivity index (χ0) is 79.5. The number of aliphatic hydroxyl groups is 2. The smallest absolute Gasteiger partial charge is 0.410 e. The van der Waals surface area contributed by atoms with Crippen LogP contribution in [0.2, 0.25) is 0 Å². The predicted molar refractivity (Wildman–Crippen MR) is 427 cm³/mol. The lowest BCUT2D eigenvalue weighted by atomic mass is 9.93. The number of aromatic hydroxyl groups is 1. The average molecular weight is 1540 g/mol. The first-order valence-corrected chi connectivity index (χ1v) is 38.5. The minimum Gasteiger partial charge on any atom is -0.508 e. The van der Waals surface area contributed by atoms with Crippen molar-refractivity contribution >= 4 is 76.9 Å². The van der Waals surface area contributed by atoms with Crippen molar-refractivity contribution in [3.8, 4) is 17.2 Å². The highest BCUT2D eigenvalue weighted by Crippen LogP contribution is 2.47. The van der Waals surface area contributed by atoms with Crippen molar-refractivity contribution in [3.05, 3.63) is 204 Å². The van der Waals surface area contributed by atoms with Crippen molar-refractivity contribution in [3.63, 3.8) is 0 Å². The van der Waals surface area contributed by atoms with Crippen molar-refractivity contribution < 1.29 is 86.8 Å². The Morgan fingerprint density at radius 3 is 1.42 bits per heavy atom. The Balaban J connectivity index is 0.000000156. The minimum atomic E-state index is -0.982. The molecule has 8 heterocycles. The number of carbonyl (C=O) groups is 6. The fourth-order valence-corrected chi connectivity index (χ4v) is 14.3. The minimum absolute atomic E-state index is 0.00257. The van der Waals surface area contributed by atoms with Crippen molar-refractivity contribution in [2.45, 2.75) is 165 Å². The van der Waals surface area contributed by atoms with E-state index in [2.05, 4.69) is 46.6 Å². The van der Waals surface area contributed by atoms with Gasteiger partial charge in [0, 0.05) is 86.1 Å². The number of carbonyl (C=O) groups excluding carboxylic acids is 4. The zero-order valence-electron chi connectivity index (χ0n) is 64.3. The van der Waals surface area contributed by atoms with E-state index in [9.17, 15) is 39.0 Å². The maximum atomic E-state index is 13.5. The highest BCUT2D eigenvalue weighted by Gasteiger charge is 2.39. The van der Waals surface area contributed by atoms with Crippen molar-refractivity contribution in [2.75, 3.05) is 87.0 Å². The van der Waals surface area contributed by atoms with Gasteiger partial charge in [0.05, 0.1) is 86.3 Å². The second kappa shape index (κ2) is 41.3. The Bertz CT molecular complexity index is 4230. The van der Waals surface area contributed by atoms with Gasteiger partial charge in [-0.2, -0.15) is 0 Å². The molecule has 112 heavy (non-hydrogen) atoms. The summed E-state index contributed by atoms with van der Waals surface area (Å²) in [6.07, 6.45) is 30.8. The summed E-state index contributed by atoms with van der Waals surface area (Å²) in [5.74, 6) is -0.850. The van der Waals surface area contributed by atoms with Crippen molar-refractivity contribution in [1.82, 2.24) is 20.4 Å². The van der Waals surface area contributed by atoms with Crippen molar-refractivity contribution in [2.24, 2.45) is 0 Å². The molecule has 6 aliphatic heterocycles. The quantitative estimate of drug-likeness (QED) is 0.0246. The molecule has 8 aliphatic rings. The van der Waals surface area contributed by atoms with Gasteiger partial charge in [0.2, 0.25) is 0 Å². The van der Waals surface area contributed by atoms with Gasteiger partial charge in [-0.05, 0) is 199 Å². The van der Waals surface area contributed by atoms with Crippen molar-refractivity contribution in [1.29, 1.82) is 0 Å². The number of phenols is 1. The molecule has 0 radical (unpaired) electrons. The lowest BCUT2D eigenvalue weighted by Crippen LogP contribution is -2.39. The first-order chi connectivity index (χ1) is 54.1. The van der Waals surface area contributed by atoms with E-state index in [0.717, 1.165) is 108 Å². The molecular weight excluding hydrogens is 1430 g/mol. The van der Waals surface area contributed by atoms with E-state index >= 15 is 0 Å². The second-order valence-electron chi connectivity index (χ2n) is 29.5. The number of amides is 2. The van der Waals surface area contributed by atoms with Gasteiger partial charge < -0.3 is 98.9 Å². The monoisotopic (exact) mass is 1540 g/mol. The molecule has 2 saturated carbocycles. The van der Waals surface area contributed by atoms with E-state index in [1.807, 2.05) is 105 Å². The highest BCUT2D eigenvalue weighted by atomic mass is 16.6. The van der Waals surface area contributed by atoms with Crippen LogP contribution >= 0.6 is 0 Å². The number of aromatic carboxylic acids is 1. The summed E-state index contributed by atoms with van der Waals surface area (Å²) >= 11 is 0. The number of phenolic OH excluding ortho intramolecular Hbond substituents is 1. The van der Waals surface area contributed by atoms with E-state index in [1.54, 1.807) is 79.7 Å². The van der Waals surface area contributed by atoms with Gasteiger partial charge in [-0.25, -0.2) is 24.0 Å². The number of β-amino-alcohol motifs (C(OH)–C–C–N with tert-alkyl or cyclic N) is 2. The number of hydrogen-bond donors (Lipinski definition) is 9. The van der Waals surface area contributed by atoms with Crippen LogP contribution in [-0.2, 0) is 28.6 Å². The summed E-state index contributed by atoms with van der Waals surface area (Å²) in [5, 5.41) is 58.3. The summed E-state index contributed by atoms with van der Waals surface area (Å²) in [6, 6.07) is 37.8. The van der Waals surface area contributed by atoms with Gasteiger partial charge in [0.1, 0.15) is 47.4 Å². The number of aliphatic carboxylic acids is 1. The molecule has 2 aliphatic carbocycles. The number of benzene rings is 5. The van der Waals surface area contributed by atoms with Gasteiger partial charge in [0.15, 0.2) is 0 Å². The number of likely N-dealkylation sites (tertiary alicyclic amines) is 2. The van der Waals surface area contributed by atoms with Gasteiger partial charge in [0.25, 0.3) is 5.91 Å². The fourth-order valence-electron chi connectivity index (χ4n) is 14.3. The normalized spacial score (nSPS) is 20.5. The second-order valence-corrected chi connectivity index (χ2v) is 29.5. The molecule has 598 valence electrons. The molecule has 6 fully saturated rings. The van der Waals surface area contributed by atoms with Crippen LogP contribution in [-0.4, -0.2) is 180 Å². The fraction of sp³-hybridized carbons (Fsp3) is 0.419. The SMILES string of the molecule is CC(C)(C)OC(=O)N1CC[C@@H](O)C1.COC(=O)/C=C/c1ccc(O)cc1.COC(=O)/C=C/c1ccc(OC2CCNC2)cc1.O=C(O)/C=C/c1ccc(O[C@H]2CCN(C(=O)c3ccc4c(c3)NC(c3ccoc3)N4C3CCCCC3)C2)cc1.O=C(O)c1ccc2c(c1)NC(c1ccoc1)N2C1CCCCC1.O[C@@H]1CCNC1. The molecule has 2 aromatic heterocycles. The molecule has 0 bridgehead atoms. The molecule has 9 N–H and O–H groups in total. The maximum absolute atomic E-state index is 13.5. The lowest BCUT2D eigenvalue weighted by molar-refractivity contribution is -0.135. The average Bonchev–Trinajstić information content (AvgIpc) is 1.62. The Morgan fingerprint density at radius 2 is 0.991 bits per heavy atom. The standard InChI is InChI=1S/C31H33N3O5.C18H20N2O3.C14H17NO3.C10H10O3.C9H17NO3.C4H9NO/c35-29(36)13-8-21-6-10-25(11-7-21)39-26-14-16-33(19-26)31(37)22-9-12-28-27(18-22)32-30(23-15-17-38-20-23)34(28)24-4-2-1-3-5-24;21-18(22)12-6-7-16-15(10-12)19-17(13-8-9-23-11-13)20(16)14-4-2-1-3-5-14;1-17-14(16)7-4-11-2-5-12(6-3-11)18-13-8-9-15-10-13;1-13-10(12)7-4-8-2-5-9(11)6-3-8;1-9(2,3)13-8(12)10-5-4-7(11)6-10;6-4-1-2-5-3-4/h6-13,15,17-18,20,24,26,30,32H,1-5,14,16,19H2,(H,35,36);6-11,14,17,19H,1-5H2,(H,21,22);2-7,13,15H,8-10H2,1H3;2-7,11H,1H3;7,11H,4-6H2,1-3H3;4-6H,1-3H2/b13-8+;;2*7-4+;;/t26-,30?;;;;7-;4-/m0...11/s1. The number of carboxylic acid groups (broad SMARTS) is 2. The molecule has 3 unspecified atom stereocenters. The Morgan fingerprint density at radius 1 is 0.509 bits per heavy atom. The number of fused-ring (bicyclic) bond motifs is 2. The van der Waals surface area contributed by atoms with Crippen LogP contribution in [0.15, 0.2) is 173 Å². The number of methoxy groups -OCH3 is 2. The first-order valence-electron chi connectivity index (χ1n) is 38.5. The highest BCUT2D eigenvalue weighted by molar-refractivity contribution is 5.97. The topological polar surface area (TPSA) is 337 Å².